The van der Waals surface area contributed by atoms with Crippen molar-refractivity contribution in [3.63, 3.8) is 0 Å². The van der Waals surface area contributed by atoms with Crippen LogP contribution in [0, 0.1) is 0 Å². The number of carbonyl (C=O) groups is 2. The van der Waals surface area contributed by atoms with Gasteiger partial charge in [-0.3, -0.25) is 0 Å². The van der Waals surface area contributed by atoms with E-state index in [4.69, 9.17) is 28.4 Å². The molecule has 0 aliphatic heterocycles. The van der Waals surface area contributed by atoms with E-state index in [0.717, 1.165) is 0 Å². The lowest BCUT2D eigenvalue weighted by Gasteiger charge is -2.19. The number of carbonyl (C=O) groups excluding carboxylic acids is 2. The number of hydrogen-bond donors (Lipinski definition) is 1. The van der Waals surface area contributed by atoms with Crippen LogP contribution in [0.25, 0.3) is 0 Å². The molecule has 9 nitrogen and oxygen atoms in total. The highest BCUT2D eigenvalue weighted by molar-refractivity contribution is 5.86. The smallest absolute Gasteiger partial charge is 0.407 e. The fraction of sp³-hybridized carbons (Fsp3) is 0.789. The number of alkyl carbamates (subject to hydrolysis) is 1. The van der Waals surface area contributed by atoms with Gasteiger partial charge in [-0.25, -0.2) is 9.59 Å². The lowest BCUT2D eigenvalue weighted by atomic mass is 10.2. The zero-order valence-corrected chi connectivity index (χ0v) is 17.5. The summed E-state index contributed by atoms with van der Waals surface area (Å²) in [4.78, 5) is 22.5. The minimum Gasteiger partial charge on any atom is -0.460 e. The lowest BCUT2D eigenvalue weighted by Crippen LogP contribution is -2.34. The largest absolute Gasteiger partial charge is 0.460 e. The number of amides is 1. The molecule has 0 fully saturated rings. The highest BCUT2D eigenvalue weighted by Crippen LogP contribution is 2.06. The van der Waals surface area contributed by atoms with E-state index in [1.54, 1.807) is 6.92 Å². The van der Waals surface area contributed by atoms with Gasteiger partial charge in [0.25, 0.3) is 0 Å². The van der Waals surface area contributed by atoms with Crippen LogP contribution in [0.15, 0.2) is 12.2 Å². The highest BCUT2D eigenvalue weighted by Gasteiger charge is 2.15. The molecule has 0 saturated carbocycles. The van der Waals surface area contributed by atoms with E-state index in [2.05, 4.69) is 11.9 Å². The molecular formula is C19H35NO8. The van der Waals surface area contributed by atoms with Crippen molar-refractivity contribution >= 4 is 12.1 Å². The molecule has 0 aromatic rings. The Labute approximate surface area is 167 Å². The summed E-state index contributed by atoms with van der Waals surface area (Å²) in [6.07, 6.45) is -0.457. The van der Waals surface area contributed by atoms with E-state index in [0.29, 0.717) is 65.0 Å². The van der Waals surface area contributed by atoms with Crippen molar-refractivity contribution in [2.45, 2.75) is 33.3 Å². The van der Waals surface area contributed by atoms with Gasteiger partial charge in [-0.05, 0) is 27.7 Å². The summed E-state index contributed by atoms with van der Waals surface area (Å²) in [5.41, 5.74) is -0.141. The molecule has 1 amide bonds. The van der Waals surface area contributed by atoms with Gasteiger partial charge < -0.3 is 33.7 Å². The first-order valence-corrected chi connectivity index (χ1v) is 9.33. The first kappa shape index (κ1) is 26.3. The molecule has 0 atom stereocenters. The van der Waals surface area contributed by atoms with E-state index in [9.17, 15) is 9.59 Å². The van der Waals surface area contributed by atoms with Crippen LogP contribution >= 0.6 is 0 Å². The molecule has 0 rings (SSSR count). The molecule has 0 radical (unpaired) electrons. The molecule has 28 heavy (non-hydrogen) atoms. The zero-order chi connectivity index (χ0) is 21.3. The second-order valence-electron chi connectivity index (χ2n) is 6.79. The van der Waals surface area contributed by atoms with Crippen LogP contribution in [-0.2, 0) is 33.2 Å². The van der Waals surface area contributed by atoms with Crippen LogP contribution in [0.4, 0.5) is 4.79 Å². The van der Waals surface area contributed by atoms with Gasteiger partial charge in [-0.15, -0.1) is 0 Å². The van der Waals surface area contributed by atoms with E-state index in [1.807, 2.05) is 20.8 Å². The Morgan fingerprint density at radius 2 is 1.21 bits per heavy atom. The van der Waals surface area contributed by atoms with Gasteiger partial charge in [0.2, 0.25) is 0 Å². The van der Waals surface area contributed by atoms with Gasteiger partial charge in [0, 0.05) is 12.1 Å². The van der Waals surface area contributed by atoms with E-state index in [1.165, 1.54) is 0 Å². The Morgan fingerprint density at radius 1 is 0.786 bits per heavy atom. The fourth-order valence-electron chi connectivity index (χ4n) is 1.62. The standard InChI is InChI=1S/C19H35NO8/c1-16(2)17(21)27-15-14-26-13-12-25-11-10-24-9-8-23-7-6-20-18(22)28-19(3,4)5/h1,6-15H2,2-5H3,(H,20,22). The summed E-state index contributed by atoms with van der Waals surface area (Å²) in [6, 6.07) is 0. The summed E-state index contributed by atoms with van der Waals surface area (Å²) in [5, 5.41) is 2.61. The molecule has 164 valence electrons. The van der Waals surface area contributed by atoms with Crippen molar-refractivity contribution in [1.82, 2.24) is 5.32 Å². The predicted molar refractivity (Wildman–Crippen MR) is 103 cm³/mol. The molecule has 0 unspecified atom stereocenters. The van der Waals surface area contributed by atoms with Gasteiger partial charge in [0.05, 0.1) is 52.9 Å². The third-order valence-corrected chi connectivity index (χ3v) is 2.84. The number of hydrogen-bond acceptors (Lipinski definition) is 8. The maximum atomic E-state index is 11.4. The minimum atomic E-state index is -0.508. The van der Waals surface area contributed by atoms with E-state index < -0.39 is 17.7 Å². The van der Waals surface area contributed by atoms with Crippen LogP contribution < -0.4 is 5.32 Å². The average molecular weight is 405 g/mol. The van der Waals surface area contributed by atoms with E-state index in [-0.39, 0.29) is 6.61 Å². The molecule has 0 aliphatic rings. The third-order valence-electron chi connectivity index (χ3n) is 2.84. The molecule has 0 bridgehead atoms. The number of ether oxygens (including phenoxy) is 6. The third kappa shape index (κ3) is 19.1. The first-order valence-electron chi connectivity index (χ1n) is 9.33. The summed E-state index contributed by atoms with van der Waals surface area (Å²) >= 11 is 0. The molecule has 0 aromatic heterocycles. The Hall–Kier alpha value is -1.68. The second-order valence-corrected chi connectivity index (χ2v) is 6.79. The molecule has 9 heteroatoms. The van der Waals surface area contributed by atoms with Gasteiger partial charge in [-0.2, -0.15) is 0 Å². The molecular weight excluding hydrogens is 370 g/mol. The van der Waals surface area contributed by atoms with Crippen molar-refractivity contribution in [2.24, 2.45) is 0 Å². The van der Waals surface area contributed by atoms with Crippen LogP contribution in [-0.4, -0.2) is 83.7 Å². The van der Waals surface area contributed by atoms with Crippen LogP contribution in [0.2, 0.25) is 0 Å². The minimum absolute atomic E-state index is 0.197. The summed E-state index contributed by atoms with van der Waals surface area (Å²) < 4.78 is 31.3. The highest BCUT2D eigenvalue weighted by atomic mass is 16.6. The Kier molecular flexibility index (Phi) is 15.3. The van der Waals surface area contributed by atoms with Crippen molar-refractivity contribution in [1.29, 1.82) is 0 Å². The second kappa shape index (κ2) is 16.3. The maximum Gasteiger partial charge on any atom is 0.407 e. The maximum absolute atomic E-state index is 11.4. The lowest BCUT2D eigenvalue weighted by molar-refractivity contribution is -0.140. The Morgan fingerprint density at radius 3 is 1.64 bits per heavy atom. The SMILES string of the molecule is C=C(C)C(=O)OCCOCCOCCOCCOCCNC(=O)OC(C)(C)C. The Balaban J connectivity index is 3.21. The van der Waals surface area contributed by atoms with Gasteiger partial charge in [-0.1, -0.05) is 6.58 Å². The topological polar surface area (TPSA) is 102 Å². The molecule has 0 spiro atoms. The van der Waals surface area contributed by atoms with Crippen molar-refractivity contribution in [3.05, 3.63) is 12.2 Å². The van der Waals surface area contributed by atoms with E-state index >= 15 is 0 Å². The fourth-order valence-corrected chi connectivity index (χ4v) is 1.62. The zero-order valence-electron chi connectivity index (χ0n) is 17.5. The van der Waals surface area contributed by atoms with Gasteiger partial charge in [0.1, 0.15) is 12.2 Å². The normalized spacial score (nSPS) is 11.1. The molecule has 0 saturated heterocycles. The summed E-state index contributed by atoms with van der Waals surface area (Å²) in [7, 11) is 0. The molecule has 0 aliphatic carbocycles. The number of rotatable bonds is 16. The van der Waals surface area contributed by atoms with Gasteiger partial charge in [0.15, 0.2) is 0 Å². The quantitative estimate of drug-likeness (QED) is 0.235. The van der Waals surface area contributed by atoms with Crippen molar-refractivity contribution in [2.75, 3.05) is 66.0 Å². The van der Waals surface area contributed by atoms with Crippen LogP contribution in [0.5, 0.6) is 0 Å². The number of nitrogens with one attached hydrogen (secondary N) is 1. The van der Waals surface area contributed by atoms with Crippen molar-refractivity contribution < 1.29 is 38.0 Å². The number of esters is 1. The average Bonchev–Trinajstić information content (AvgIpc) is 2.59. The molecule has 0 aromatic carbocycles. The van der Waals surface area contributed by atoms with Crippen molar-refractivity contribution in [3.8, 4) is 0 Å². The molecule has 0 heterocycles. The molecule has 1 N–H and O–H groups in total. The van der Waals surface area contributed by atoms with Gasteiger partial charge >= 0.3 is 12.1 Å². The first-order chi connectivity index (χ1) is 13.2. The predicted octanol–water partition coefficient (Wildman–Crippen LogP) is 1.70. The summed E-state index contributed by atoms with van der Waals surface area (Å²) in [6.45, 7) is 14.4. The Bertz CT molecular complexity index is 448. The van der Waals surface area contributed by atoms with Crippen LogP contribution in [0.3, 0.4) is 0 Å². The van der Waals surface area contributed by atoms with Crippen LogP contribution in [0.1, 0.15) is 27.7 Å². The monoisotopic (exact) mass is 405 g/mol. The summed E-state index contributed by atoms with van der Waals surface area (Å²) in [5.74, 6) is -0.416.